The van der Waals surface area contributed by atoms with Gasteiger partial charge < -0.3 is 9.13 Å². The predicted molar refractivity (Wildman–Crippen MR) is 369 cm³/mol. The van der Waals surface area contributed by atoms with E-state index < -0.39 is 121 Å². The van der Waals surface area contributed by atoms with E-state index in [1.54, 1.807) is 46.9 Å². The highest BCUT2D eigenvalue weighted by atomic mass is 79.9. The van der Waals surface area contributed by atoms with Gasteiger partial charge in [-0.15, -0.1) is 22.7 Å². The molecule has 0 saturated carbocycles. The predicted octanol–water partition coefficient (Wildman–Crippen LogP) is 24.1. The molecule has 2 nitrogen and oxygen atoms in total. The fraction of sp³-hybridized carbons (Fsp3) is 0. The van der Waals surface area contributed by atoms with Crippen molar-refractivity contribution in [3.05, 3.63) is 288 Å². The van der Waals surface area contributed by atoms with E-state index in [0.717, 1.165) is 95.3 Å². The van der Waals surface area contributed by atoms with Crippen LogP contribution in [0.3, 0.4) is 0 Å². The fourth-order valence-electron chi connectivity index (χ4n) is 12.1. The quantitative estimate of drug-likeness (QED) is 0.143. The van der Waals surface area contributed by atoms with Crippen LogP contribution in [-0.4, -0.2) is 9.13 Å². The van der Waals surface area contributed by atoms with E-state index in [9.17, 15) is 0 Å². The van der Waals surface area contributed by atoms with Gasteiger partial charge in [0, 0.05) is 70.8 Å². The Hall–Kier alpha value is -9.14. The molecule has 0 unspecified atom stereocenters. The summed E-state index contributed by atoms with van der Waals surface area (Å²) in [6.07, 6.45) is 0. The molecule has 0 atom stereocenters. The second kappa shape index (κ2) is 19.8. The molecule has 0 aliphatic carbocycles. The molecule has 0 amide bonds. The minimum atomic E-state index is -0.583. The van der Waals surface area contributed by atoms with E-state index >= 15 is 0 Å². The van der Waals surface area contributed by atoms with E-state index in [1.165, 1.54) is 12.1 Å². The number of rotatable bonds is 8. The molecule has 17 aromatic rings. The number of hydrogen-bond donors (Lipinski definition) is 0. The van der Waals surface area contributed by atoms with Gasteiger partial charge in [0.05, 0.1) is 60.9 Å². The van der Waals surface area contributed by atoms with Gasteiger partial charge in [0.15, 0.2) is 0 Å². The van der Waals surface area contributed by atoms with Gasteiger partial charge in [-0.1, -0.05) is 169 Å². The smallest absolute Gasteiger partial charge is 0.0629 e. The van der Waals surface area contributed by atoms with Gasteiger partial charge in [-0.2, -0.15) is 0 Å². The number of halogens is 2. The Kier molecular flexibility index (Phi) is 7.82. The SMILES string of the molecule is [2H]c1c([2H])c([2H])c(-c2cc(-c3ccc4c(c3)c3c5c(ccc3n4-c3cc(Br)c(-n4c6ccc(-c7cc(-c8c([2H])c([2H])c([2H])c([2H])c8[2H])cc(-c8c([2H])c([2H])c([2H])c([2H])c8[2H])c7)cc6c6c7c(ccc64)sc4ccccc47)cc3Br)sc3ccccc35)cc(-c3c([2H])c([2H])c([2H])c([2H])c3[2H])c2)c([2H])c1[2H]. The minimum Gasteiger partial charge on any atom is -0.308 e. The van der Waals surface area contributed by atoms with E-state index in [-0.39, 0.29) is 44.5 Å². The van der Waals surface area contributed by atoms with Crippen molar-refractivity contribution >= 4 is 138 Å². The summed E-state index contributed by atoms with van der Waals surface area (Å²) >= 11 is 11.6. The molecular formula is C78H46Br2N2S2. The van der Waals surface area contributed by atoms with Crippen LogP contribution in [0.25, 0.3) is 162 Å². The molecule has 0 aliphatic rings. The fourth-order valence-corrected chi connectivity index (χ4v) is 15.4. The first-order chi connectivity index (χ1) is 49.7. The Morgan fingerprint density at radius 1 is 0.262 bits per heavy atom. The Balaban J connectivity index is 0.893. The highest BCUT2D eigenvalue weighted by Gasteiger charge is 2.25. The van der Waals surface area contributed by atoms with Gasteiger partial charge in [-0.25, -0.2) is 0 Å². The number of benzene rings is 13. The highest BCUT2D eigenvalue weighted by molar-refractivity contribution is 9.11. The van der Waals surface area contributed by atoms with E-state index in [1.807, 2.05) is 60.7 Å². The lowest BCUT2D eigenvalue weighted by atomic mass is 9.92. The van der Waals surface area contributed by atoms with Crippen LogP contribution in [0.1, 0.15) is 27.4 Å². The first-order valence-corrected chi connectivity index (χ1v) is 29.8. The Morgan fingerprint density at radius 3 is 0.940 bits per heavy atom. The van der Waals surface area contributed by atoms with Gasteiger partial charge in [0.1, 0.15) is 0 Å². The molecule has 0 N–H and O–H groups in total. The number of hydrogen-bond acceptors (Lipinski definition) is 2. The molecule has 0 spiro atoms. The molecule has 17 rings (SSSR count). The van der Waals surface area contributed by atoms with Crippen molar-refractivity contribution < 1.29 is 27.4 Å². The van der Waals surface area contributed by atoms with Gasteiger partial charge in [-0.05, 0) is 208 Å². The summed E-state index contributed by atoms with van der Waals surface area (Å²) in [6, 6.07) is 40.1. The molecule has 0 saturated heterocycles. The molecule has 0 radical (unpaired) electrons. The third-order valence-corrected chi connectivity index (χ3v) is 19.3. The van der Waals surface area contributed by atoms with Crippen molar-refractivity contribution in [3.8, 4) is 78.1 Å². The summed E-state index contributed by atoms with van der Waals surface area (Å²) in [4.78, 5) is 0. The van der Waals surface area contributed by atoms with Crippen molar-refractivity contribution in [2.45, 2.75) is 0 Å². The lowest BCUT2D eigenvalue weighted by Crippen LogP contribution is -2.00. The average Bonchev–Trinajstić information content (AvgIpc) is 1.54. The lowest BCUT2D eigenvalue weighted by Gasteiger charge is -2.16. The molecule has 0 aliphatic heterocycles. The molecule has 13 aromatic carbocycles. The summed E-state index contributed by atoms with van der Waals surface area (Å²) in [5.41, 5.74) is 7.14. The number of aromatic nitrogens is 2. The highest BCUT2D eigenvalue weighted by Crippen LogP contribution is 2.49. The Bertz CT molecular complexity index is 6100. The van der Waals surface area contributed by atoms with Crippen molar-refractivity contribution in [2.75, 3.05) is 0 Å². The largest absolute Gasteiger partial charge is 0.308 e. The lowest BCUT2D eigenvalue weighted by molar-refractivity contribution is 1.12. The van der Waals surface area contributed by atoms with Crippen LogP contribution in [0.2, 0.25) is 0 Å². The van der Waals surface area contributed by atoms with Gasteiger partial charge in [0.25, 0.3) is 0 Å². The van der Waals surface area contributed by atoms with E-state index in [2.05, 4.69) is 102 Å². The van der Waals surface area contributed by atoms with Crippen LogP contribution in [-0.2, 0) is 0 Å². The monoisotopic (exact) mass is 1250 g/mol. The molecule has 4 heterocycles. The molecule has 6 heteroatoms. The van der Waals surface area contributed by atoms with Crippen LogP contribution in [0.5, 0.6) is 0 Å². The maximum Gasteiger partial charge on any atom is 0.0629 e. The van der Waals surface area contributed by atoms with Crippen LogP contribution < -0.4 is 0 Å². The van der Waals surface area contributed by atoms with Crippen molar-refractivity contribution in [3.63, 3.8) is 0 Å². The number of thiophene rings is 2. The van der Waals surface area contributed by atoms with E-state index in [0.29, 0.717) is 31.2 Å². The molecule has 4 aromatic heterocycles. The third kappa shape index (κ3) is 8.00. The second-order valence-corrected chi connectivity index (χ2v) is 24.2. The number of nitrogens with zero attached hydrogens (tertiary/aromatic N) is 2. The maximum absolute atomic E-state index is 9.08. The first-order valence-electron chi connectivity index (χ1n) is 36.6. The molecule has 0 fully saturated rings. The van der Waals surface area contributed by atoms with Crippen LogP contribution in [0.15, 0.2) is 288 Å². The molecule has 394 valence electrons. The molecular weight excluding hydrogens is 1190 g/mol. The van der Waals surface area contributed by atoms with Gasteiger partial charge >= 0.3 is 0 Å². The van der Waals surface area contributed by atoms with E-state index in [4.69, 9.17) is 27.4 Å². The van der Waals surface area contributed by atoms with Crippen molar-refractivity contribution in [2.24, 2.45) is 0 Å². The Labute approximate surface area is 537 Å². The zero-order valence-corrected chi connectivity index (χ0v) is 48.3. The molecule has 0 bridgehead atoms. The second-order valence-electron chi connectivity index (χ2n) is 20.3. The van der Waals surface area contributed by atoms with Crippen LogP contribution in [0.4, 0.5) is 0 Å². The van der Waals surface area contributed by atoms with Crippen molar-refractivity contribution in [1.82, 2.24) is 9.13 Å². The van der Waals surface area contributed by atoms with Crippen molar-refractivity contribution in [1.29, 1.82) is 0 Å². The zero-order valence-electron chi connectivity index (χ0n) is 63.5. The van der Waals surface area contributed by atoms with Gasteiger partial charge in [-0.3, -0.25) is 0 Å². The summed E-state index contributed by atoms with van der Waals surface area (Å²) in [7, 11) is 0. The summed E-state index contributed by atoms with van der Waals surface area (Å²) in [6.45, 7) is 0. The number of fused-ring (bicyclic) bond motifs is 14. The standard InChI is InChI=1S/C78H46Br2N2S2/c79-63-46-70(82-66-32-30-52(44-62(66)76-68(82)34-36-74-78(76)60-26-14-16-28-72(60)84-74)58-41-55(49-21-9-3-10-22-49)38-56(42-58)50-23-11-4-12-24-50)64(80)45-69(63)81-65-31-29-51(43-61(65)75-67(81)33-35-73-77(75)59-25-13-15-27-71(59)83-73)57-39-53(47-17-5-1-6-18-47)37-54(40-57)48-19-7-2-8-20-48/h1-46H/i1D,2D,3D,4D,5D,6D,7D,8D,9D,10D,11D,12D,17D,18D,19D,20D,21D,22D,23D,24D. The third-order valence-electron chi connectivity index (χ3n) is 15.7. The minimum absolute atomic E-state index is 0.126. The van der Waals surface area contributed by atoms with Crippen LogP contribution >= 0.6 is 54.5 Å². The topological polar surface area (TPSA) is 9.86 Å². The average molecular weight is 1260 g/mol. The van der Waals surface area contributed by atoms with Crippen LogP contribution in [0, 0.1) is 0 Å². The normalized spacial score (nSPS) is 15.3. The zero-order chi connectivity index (χ0) is 73.0. The molecule has 84 heavy (non-hydrogen) atoms. The van der Waals surface area contributed by atoms with Gasteiger partial charge in [0.2, 0.25) is 0 Å². The first kappa shape index (κ1) is 33.2. The maximum atomic E-state index is 9.08. The summed E-state index contributed by atoms with van der Waals surface area (Å²) < 4.78 is 185. The Morgan fingerprint density at radius 2 is 0.583 bits per heavy atom. The summed E-state index contributed by atoms with van der Waals surface area (Å²) in [5.74, 6) is 0. The summed E-state index contributed by atoms with van der Waals surface area (Å²) in [5, 5.41) is 7.55.